The SMILES string of the molecule is CC[C@@H](C)c1ccc(S(=O)(=O)Nc2ccc(S(=O)(=O)N3CCN(C)CC3)cc2)cc1. The molecular formula is C21H29N3O4S2. The zero-order valence-corrected chi connectivity index (χ0v) is 19.2. The lowest BCUT2D eigenvalue weighted by atomic mass is 9.99. The van der Waals surface area contributed by atoms with E-state index in [1.54, 1.807) is 12.1 Å². The fraction of sp³-hybridized carbons (Fsp3) is 0.429. The fourth-order valence-electron chi connectivity index (χ4n) is 3.30. The molecule has 164 valence electrons. The van der Waals surface area contributed by atoms with Gasteiger partial charge in [0.1, 0.15) is 0 Å². The molecule has 0 radical (unpaired) electrons. The van der Waals surface area contributed by atoms with Gasteiger partial charge in [-0.15, -0.1) is 0 Å². The molecule has 0 saturated carbocycles. The monoisotopic (exact) mass is 451 g/mol. The van der Waals surface area contributed by atoms with E-state index in [2.05, 4.69) is 23.5 Å². The summed E-state index contributed by atoms with van der Waals surface area (Å²) >= 11 is 0. The van der Waals surface area contributed by atoms with E-state index < -0.39 is 20.0 Å². The maximum atomic E-state index is 12.8. The second kappa shape index (κ2) is 9.05. The zero-order valence-electron chi connectivity index (χ0n) is 17.6. The van der Waals surface area contributed by atoms with Gasteiger partial charge in [-0.05, 0) is 61.3 Å². The van der Waals surface area contributed by atoms with Gasteiger partial charge < -0.3 is 4.90 Å². The van der Waals surface area contributed by atoms with Gasteiger partial charge in [-0.3, -0.25) is 4.72 Å². The summed E-state index contributed by atoms with van der Waals surface area (Å²) in [5.74, 6) is 0.365. The van der Waals surface area contributed by atoms with Crippen LogP contribution in [-0.4, -0.2) is 59.3 Å². The molecule has 1 atom stereocenters. The van der Waals surface area contributed by atoms with Crippen molar-refractivity contribution in [3.8, 4) is 0 Å². The van der Waals surface area contributed by atoms with Crippen LogP contribution in [0.1, 0.15) is 31.7 Å². The summed E-state index contributed by atoms with van der Waals surface area (Å²) in [6.45, 7) is 6.45. The first-order chi connectivity index (χ1) is 14.1. The Morgan fingerprint density at radius 1 is 0.867 bits per heavy atom. The average molecular weight is 452 g/mol. The minimum Gasteiger partial charge on any atom is -0.304 e. The van der Waals surface area contributed by atoms with E-state index >= 15 is 0 Å². The number of piperazine rings is 1. The smallest absolute Gasteiger partial charge is 0.261 e. The molecule has 0 spiro atoms. The minimum absolute atomic E-state index is 0.160. The lowest BCUT2D eigenvalue weighted by Crippen LogP contribution is -2.46. The highest BCUT2D eigenvalue weighted by atomic mass is 32.2. The molecule has 0 bridgehead atoms. The van der Waals surface area contributed by atoms with E-state index in [1.807, 2.05) is 19.2 Å². The molecule has 0 unspecified atom stereocenters. The molecule has 3 rings (SSSR count). The molecule has 1 N–H and O–H groups in total. The molecule has 1 saturated heterocycles. The topological polar surface area (TPSA) is 86.8 Å². The number of nitrogens with one attached hydrogen (secondary N) is 1. The Bertz CT molecular complexity index is 1060. The molecular weight excluding hydrogens is 422 g/mol. The quantitative estimate of drug-likeness (QED) is 0.699. The van der Waals surface area contributed by atoms with Crippen LogP contribution in [0.5, 0.6) is 0 Å². The van der Waals surface area contributed by atoms with Crippen LogP contribution in [0.25, 0.3) is 0 Å². The molecule has 2 aromatic carbocycles. The van der Waals surface area contributed by atoms with Crippen molar-refractivity contribution in [1.82, 2.24) is 9.21 Å². The van der Waals surface area contributed by atoms with Crippen molar-refractivity contribution in [2.75, 3.05) is 37.9 Å². The number of hydrogen-bond acceptors (Lipinski definition) is 5. The molecule has 0 aromatic heterocycles. The van der Waals surface area contributed by atoms with Crippen molar-refractivity contribution in [3.05, 3.63) is 54.1 Å². The molecule has 1 fully saturated rings. The lowest BCUT2D eigenvalue weighted by Gasteiger charge is -2.31. The second-order valence-electron chi connectivity index (χ2n) is 7.72. The average Bonchev–Trinajstić information content (AvgIpc) is 2.73. The van der Waals surface area contributed by atoms with Crippen LogP contribution in [0.4, 0.5) is 5.69 Å². The molecule has 2 aromatic rings. The maximum Gasteiger partial charge on any atom is 0.261 e. The third-order valence-electron chi connectivity index (χ3n) is 5.58. The van der Waals surface area contributed by atoms with Gasteiger partial charge in [0.15, 0.2) is 0 Å². The fourth-order valence-corrected chi connectivity index (χ4v) is 5.78. The Balaban J connectivity index is 1.73. The molecule has 30 heavy (non-hydrogen) atoms. The van der Waals surface area contributed by atoms with Crippen molar-refractivity contribution in [2.45, 2.75) is 36.0 Å². The first-order valence-corrected chi connectivity index (χ1v) is 13.0. The van der Waals surface area contributed by atoms with Gasteiger partial charge in [0.2, 0.25) is 10.0 Å². The van der Waals surface area contributed by atoms with Gasteiger partial charge in [0.25, 0.3) is 10.0 Å². The number of hydrogen-bond donors (Lipinski definition) is 1. The first kappa shape index (κ1) is 22.7. The largest absolute Gasteiger partial charge is 0.304 e. The van der Waals surface area contributed by atoms with Gasteiger partial charge in [-0.2, -0.15) is 4.31 Å². The van der Waals surface area contributed by atoms with E-state index in [9.17, 15) is 16.8 Å². The summed E-state index contributed by atoms with van der Waals surface area (Å²) in [4.78, 5) is 2.41. The number of rotatable bonds is 7. The third kappa shape index (κ3) is 5.03. The van der Waals surface area contributed by atoms with Crippen LogP contribution in [0.15, 0.2) is 58.3 Å². The summed E-state index contributed by atoms with van der Waals surface area (Å²) in [6, 6.07) is 12.7. The van der Waals surface area contributed by atoms with Crippen molar-refractivity contribution in [2.24, 2.45) is 0 Å². The highest BCUT2D eigenvalue weighted by molar-refractivity contribution is 7.92. The standard InChI is InChI=1S/C21H29N3O4S2/c1-4-17(2)18-5-9-20(10-6-18)29(25,26)22-19-7-11-21(12-8-19)30(27,28)24-15-13-23(3)14-16-24/h5-12,17,22H,4,13-16H2,1-3H3/t17-/m1/s1. The normalized spacial score (nSPS) is 17.6. The predicted octanol–water partition coefficient (Wildman–Crippen LogP) is 2.94. The van der Waals surface area contributed by atoms with Gasteiger partial charge in [-0.25, -0.2) is 16.8 Å². The van der Waals surface area contributed by atoms with Gasteiger partial charge in [-0.1, -0.05) is 26.0 Å². The molecule has 0 amide bonds. The van der Waals surface area contributed by atoms with E-state index in [-0.39, 0.29) is 9.79 Å². The van der Waals surface area contributed by atoms with Crippen molar-refractivity contribution in [3.63, 3.8) is 0 Å². The summed E-state index contributed by atoms with van der Waals surface area (Å²) < 4.78 is 54.9. The van der Waals surface area contributed by atoms with Gasteiger partial charge in [0, 0.05) is 31.9 Å². The zero-order chi connectivity index (χ0) is 21.9. The molecule has 1 aliphatic rings. The summed E-state index contributed by atoms with van der Waals surface area (Å²) in [5.41, 5.74) is 1.41. The van der Waals surface area contributed by atoms with Crippen molar-refractivity contribution in [1.29, 1.82) is 0 Å². The highest BCUT2D eigenvalue weighted by Gasteiger charge is 2.27. The molecule has 9 heteroatoms. The van der Waals surface area contributed by atoms with E-state index in [4.69, 9.17) is 0 Å². The van der Waals surface area contributed by atoms with Crippen LogP contribution in [-0.2, 0) is 20.0 Å². The van der Waals surface area contributed by atoms with Crippen LogP contribution < -0.4 is 4.72 Å². The molecule has 0 aliphatic carbocycles. The van der Waals surface area contributed by atoms with Gasteiger partial charge >= 0.3 is 0 Å². The summed E-state index contributed by atoms with van der Waals surface area (Å²) in [7, 11) is -5.38. The number of anilines is 1. The first-order valence-electron chi connectivity index (χ1n) is 10.0. The molecule has 1 aliphatic heterocycles. The van der Waals surface area contributed by atoms with Crippen LogP contribution in [0, 0.1) is 0 Å². The third-order valence-corrected chi connectivity index (χ3v) is 8.89. The Morgan fingerprint density at radius 3 is 1.93 bits per heavy atom. The van der Waals surface area contributed by atoms with Crippen LogP contribution >= 0.6 is 0 Å². The highest BCUT2D eigenvalue weighted by Crippen LogP contribution is 2.24. The Hall–Kier alpha value is -1.94. The number of sulfonamides is 2. The number of nitrogens with zero attached hydrogens (tertiary/aromatic N) is 2. The molecule has 7 nitrogen and oxygen atoms in total. The van der Waals surface area contributed by atoms with Crippen LogP contribution in [0.2, 0.25) is 0 Å². The summed E-state index contributed by atoms with van der Waals surface area (Å²) in [5, 5.41) is 0. The Labute approximate surface area is 179 Å². The lowest BCUT2D eigenvalue weighted by molar-refractivity contribution is 0.222. The van der Waals surface area contributed by atoms with Crippen molar-refractivity contribution < 1.29 is 16.8 Å². The van der Waals surface area contributed by atoms with E-state index in [0.29, 0.717) is 37.8 Å². The minimum atomic E-state index is -3.75. The second-order valence-corrected chi connectivity index (χ2v) is 11.3. The van der Waals surface area contributed by atoms with Gasteiger partial charge in [0.05, 0.1) is 9.79 Å². The van der Waals surface area contributed by atoms with E-state index in [0.717, 1.165) is 12.0 Å². The molecule has 1 heterocycles. The summed E-state index contributed by atoms with van der Waals surface area (Å²) in [6.07, 6.45) is 0.980. The van der Waals surface area contributed by atoms with Crippen molar-refractivity contribution >= 4 is 25.7 Å². The number of likely N-dealkylation sites (N-methyl/N-ethyl adjacent to an activating group) is 1. The Morgan fingerprint density at radius 2 is 1.40 bits per heavy atom. The predicted molar refractivity (Wildman–Crippen MR) is 119 cm³/mol. The van der Waals surface area contributed by atoms with Crippen LogP contribution in [0.3, 0.4) is 0 Å². The number of benzene rings is 2. The Kier molecular flexibility index (Phi) is 6.86. The van der Waals surface area contributed by atoms with E-state index in [1.165, 1.54) is 28.6 Å². The maximum absolute atomic E-state index is 12.8.